The van der Waals surface area contributed by atoms with Crippen LogP contribution in [0.2, 0.25) is 0 Å². The SMILES string of the molecule is Cc1nc(-n2c(C)nn(CC(O)CN3C4CCC3CC(OCc3ccccc3F)C4)c2=O)no1. The summed E-state index contributed by atoms with van der Waals surface area (Å²) in [4.78, 5) is 19.2. The van der Waals surface area contributed by atoms with Crippen LogP contribution in [0, 0.1) is 19.7 Å². The lowest BCUT2D eigenvalue weighted by atomic mass is 9.99. The van der Waals surface area contributed by atoms with E-state index in [1.165, 1.54) is 15.3 Å². The van der Waals surface area contributed by atoms with Crippen LogP contribution in [0.25, 0.3) is 5.95 Å². The minimum atomic E-state index is -0.758. The molecule has 2 fully saturated rings. The van der Waals surface area contributed by atoms with Crippen LogP contribution < -0.4 is 5.69 Å². The molecule has 0 amide bonds. The van der Waals surface area contributed by atoms with Crippen LogP contribution in [0.5, 0.6) is 0 Å². The summed E-state index contributed by atoms with van der Waals surface area (Å²) in [7, 11) is 0. The van der Waals surface area contributed by atoms with E-state index in [0.29, 0.717) is 35.9 Å². The topological polar surface area (TPSA) is 111 Å². The summed E-state index contributed by atoms with van der Waals surface area (Å²) in [5.41, 5.74) is 0.157. The minimum Gasteiger partial charge on any atom is -0.390 e. The fourth-order valence-corrected chi connectivity index (χ4v) is 5.23. The average Bonchev–Trinajstić information content (AvgIpc) is 3.40. The molecule has 10 nitrogen and oxygen atoms in total. The van der Waals surface area contributed by atoms with Crippen LogP contribution in [-0.2, 0) is 17.9 Å². The molecule has 182 valence electrons. The molecule has 5 rings (SSSR count). The van der Waals surface area contributed by atoms with Gasteiger partial charge in [-0.25, -0.2) is 18.4 Å². The number of aliphatic hydroxyl groups excluding tert-OH is 1. The molecule has 2 aliphatic rings. The Morgan fingerprint density at radius 2 is 1.94 bits per heavy atom. The fraction of sp³-hybridized carbons (Fsp3) is 0.565. The number of aryl methyl sites for hydroxylation is 2. The van der Waals surface area contributed by atoms with Gasteiger partial charge in [0.25, 0.3) is 5.95 Å². The predicted octanol–water partition coefficient (Wildman–Crippen LogP) is 1.75. The van der Waals surface area contributed by atoms with Gasteiger partial charge < -0.3 is 14.4 Å². The number of piperidine rings is 1. The monoisotopic (exact) mass is 472 g/mol. The largest absolute Gasteiger partial charge is 0.390 e. The van der Waals surface area contributed by atoms with Crippen molar-refractivity contribution in [1.82, 2.24) is 29.4 Å². The predicted molar refractivity (Wildman–Crippen MR) is 119 cm³/mol. The van der Waals surface area contributed by atoms with Crippen molar-refractivity contribution in [2.75, 3.05) is 6.54 Å². The van der Waals surface area contributed by atoms with E-state index in [1.54, 1.807) is 26.0 Å². The summed E-state index contributed by atoms with van der Waals surface area (Å²) in [6.07, 6.45) is 3.10. The van der Waals surface area contributed by atoms with E-state index in [4.69, 9.17) is 9.26 Å². The summed E-state index contributed by atoms with van der Waals surface area (Å²) in [5.74, 6) is 0.668. The number of benzene rings is 1. The maximum Gasteiger partial charge on any atom is 0.353 e. The highest BCUT2D eigenvalue weighted by Gasteiger charge is 2.41. The normalized spacial score (nSPS) is 23.5. The molecule has 1 N–H and O–H groups in total. The molecule has 2 aliphatic heterocycles. The second-order valence-corrected chi connectivity index (χ2v) is 9.19. The molecule has 2 saturated heterocycles. The molecule has 0 aliphatic carbocycles. The van der Waals surface area contributed by atoms with Crippen LogP contribution >= 0.6 is 0 Å². The molecular weight excluding hydrogens is 443 g/mol. The first-order valence-corrected chi connectivity index (χ1v) is 11.6. The van der Waals surface area contributed by atoms with Crippen molar-refractivity contribution in [1.29, 1.82) is 0 Å². The first-order chi connectivity index (χ1) is 16.4. The van der Waals surface area contributed by atoms with Crippen molar-refractivity contribution in [3.63, 3.8) is 0 Å². The van der Waals surface area contributed by atoms with E-state index in [-0.39, 0.29) is 31.0 Å². The molecule has 2 aromatic heterocycles. The molecule has 3 unspecified atom stereocenters. The van der Waals surface area contributed by atoms with Crippen molar-refractivity contribution >= 4 is 0 Å². The van der Waals surface area contributed by atoms with Crippen LogP contribution in [0.4, 0.5) is 4.39 Å². The molecule has 2 bridgehead atoms. The summed E-state index contributed by atoms with van der Waals surface area (Å²) in [6.45, 7) is 4.13. The molecule has 3 atom stereocenters. The molecule has 3 aromatic rings. The summed E-state index contributed by atoms with van der Waals surface area (Å²) >= 11 is 0. The first kappa shape index (κ1) is 22.9. The summed E-state index contributed by atoms with van der Waals surface area (Å²) in [5, 5.41) is 18.9. The zero-order valence-electron chi connectivity index (χ0n) is 19.3. The Kier molecular flexibility index (Phi) is 6.32. The van der Waals surface area contributed by atoms with Gasteiger partial charge in [0.1, 0.15) is 11.6 Å². The highest BCUT2D eigenvalue weighted by molar-refractivity contribution is 5.16. The molecule has 11 heteroatoms. The van der Waals surface area contributed by atoms with Crippen LogP contribution in [0.1, 0.15) is 43.0 Å². The lowest BCUT2D eigenvalue weighted by Crippen LogP contribution is -2.49. The Balaban J connectivity index is 1.18. The third-order valence-corrected chi connectivity index (χ3v) is 6.80. The van der Waals surface area contributed by atoms with Gasteiger partial charge in [-0.1, -0.05) is 18.2 Å². The van der Waals surface area contributed by atoms with Crippen molar-refractivity contribution in [2.24, 2.45) is 0 Å². The zero-order chi connectivity index (χ0) is 23.8. The number of hydrogen-bond acceptors (Lipinski definition) is 8. The molecule has 0 radical (unpaired) electrons. The number of nitrogens with zero attached hydrogens (tertiary/aromatic N) is 6. The van der Waals surface area contributed by atoms with Crippen LogP contribution in [0.3, 0.4) is 0 Å². The van der Waals surface area contributed by atoms with Crippen LogP contribution in [-0.4, -0.2) is 65.3 Å². The van der Waals surface area contributed by atoms with Crippen molar-refractivity contribution in [2.45, 2.75) is 77.0 Å². The van der Waals surface area contributed by atoms with Gasteiger partial charge in [0.2, 0.25) is 5.89 Å². The summed E-state index contributed by atoms with van der Waals surface area (Å²) in [6, 6.07) is 7.30. The number of halogens is 1. The fourth-order valence-electron chi connectivity index (χ4n) is 5.23. The van der Waals surface area contributed by atoms with E-state index in [9.17, 15) is 14.3 Å². The highest BCUT2D eigenvalue weighted by Crippen LogP contribution is 2.37. The van der Waals surface area contributed by atoms with E-state index < -0.39 is 11.8 Å². The van der Waals surface area contributed by atoms with Gasteiger partial charge in [0, 0.05) is 31.1 Å². The third kappa shape index (κ3) is 4.55. The van der Waals surface area contributed by atoms with Gasteiger partial charge in [-0.3, -0.25) is 4.90 Å². The average molecular weight is 473 g/mol. The van der Waals surface area contributed by atoms with E-state index >= 15 is 0 Å². The molecule has 0 spiro atoms. The number of ether oxygens (including phenoxy) is 1. The van der Waals surface area contributed by atoms with Gasteiger partial charge in [-0.2, -0.15) is 10.1 Å². The number of aliphatic hydroxyl groups is 1. The van der Waals surface area contributed by atoms with Crippen molar-refractivity contribution in [3.8, 4) is 5.95 Å². The molecule has 1 aromatic carbocycles. The number of rotatable bonds is 8. The van der Waals surface area contributed by atoms with Gasteiger partial charge in [-0.05, 0) is 43.8 Å². The van der Waals surface area contributed by atoms with Gasteiger partial charge in [0.15, 0.2) is 0 Å². The molecular formula is C23H29FN6O4. The van der Waals surface area contributed by atoms with E-state index in [1.807, 2.05) is 6.07 Å². The number of fused-ring (bicyclic) bond motifs is 2. The zero-order valence-corrected chi connectivity index (χ0v) is 19.3. The molecule has 4 heterocycles. The Labute approximate surface area is 195 Å². The highest BCUT2D eigenvalue weighted by atomic mass is 19.1. The number of hydrogen-bond donors (Lipinski definition) is 1. The first-order valence-electron chi connectivity index (χ1n) is 11.6. The second kappa shape index (κ2) is 9.40. The Morgan fingerprint density at radius 3 is 2.62 bits per heavy atom. The Bertz CT molecular complexity index is 1190. The standard InChI is InChI=1S/C23H29FN6O4/c1-14-26-29(23(32)30(14)22-25-15(2)34-27-22)12-19(31)11-28-17-7-8-18(28)10-20(9-17)33-13-16-5-3-4-6-21(16)24/h3-6,17-20,31H,7-13H2,1-2H3. The quantitative estimate of drug-likeness (QED) is 0.528. The molecule has 0 saturated carbocycles. The Hall–Kier alpha value is -2.89. The van der Waals surface area contributed by atoms with E-state index in [2.05, 4.69) is 20.1 Å². The second-order valence-electron chi connectivity index (χ2n) is 9.19. The van der Waals surface area contributed by atoms with Crippen molar-refractivity contribution in [3.05, 3.63) is 57.8 Å². The van der Waals surface area contributed by atoms with Gasteiger partial charge in [0.05, 0.1) is 25.4 Å². The minimum absolute atomic E-state index is 0.0740. The maximum atomic E-state index is 13.9. The Morgan fingerprint density at radius 1 is 1.21 bits per heavy atom. The van der Waals surface area contributed by atoms with E-state index in [0.717, 1.165) is 25.7 Å². The lowest BCUT2D eigenvalue weighted by Gasteiger charge is -2.39. The molecule has 34 heavy (non-hydrogen) atoms. The van der Waals surface area contributed by atoms with Gasteiger partial charge >= 0.3 is 5.69 Å². The number of aromatic nitrogens is 5. The third-order valence-electron chi connectivity index (χ3n) is 6.80. The maximum absolute atomic E-state index is 13.9. The lowest BCUT2D eigenvalue weighted by molar-refractivity contribution is -0.0408. The van der Waals surface area contributed by atoms with Crippen molar-refractivity contribution < 1.29 is 18.8 Å². The van der Waals surface area contributed by atoms with Gasteiger partial charge in [-0.15, -0.1) is 0 Å². The van der Waals surface area contributed by atoms with Crippen LogP contribution in [0.15, 0.2) is 33.6 Å². The summed E-state index contributed by atoms with van der Waals surface area (Å²) < 4.78 is 27.4. The smallest absolute Gasteiger partial charge is 0.353 e.